The second-order valence-corrected chi connectivity index (χ2v) is 5.64. The smallest absolute Gasteiger partial charge is 0.222 e. The average Bonchev–Trinajstić information content (AvgIpc) is 2.99. The molecule has 3 rings (SSSR count). The lowest BCUT2D eigenvalue weighted by Gasteiger charge is -2.16. The molecule has 1 N–H and O–H groups in total. The monoisotopic (exact) mass is 306 g/mol. The highest BCUT2D eigenvalue weighted by atomic mass is 16.2. The molecule has 23 heavy (non-hydrogen) atoms. The molecule has 5 nitrogen and oxygen atoms in total. The highest BCUT2D eigenvalue weighted by molar-refractivity contribution is 5.78. The van der Waals surface area contributed by atoms with E-state index >= 15 is 0 Å². The molecule has 116 valence electrons. The van der Waals surface area contributed by atoms with Crippen LogP contribution in [0.4, 0.5) is 5.82 Å². The van der Waals surface area contributed by atoms with E-state index in [0.29, 0.717) is 25.1 Å². The lowest BCUT2D eigenvalue weighted by atomic mass is 10.1. The van der Waals surface area contributed by atoms with Crippen molar-refractivity contribution in [3.8, 4) is 6.07 Å². The predicted octanol–water partition coefficient (Wildman–Crippen LogP) is 2.69. The van der Waals surface area contributed by atoms with Crippen LogP contribution in [0.15, 0.2) is 42.6 Å². The number of nitriles is 1. The summed E-state index contributed by atoms with van der Waals surface area (Å²) >= 11 is 0. The Labute approximate surface area is 135 Å². The number of benzene rings is 1. The van der Waals surface area contributed by atoms with E-state index in [1.807, 2.05) is 17.0 Å². The maximum atomic E-state index is 11.7. The van der Waals surface area contributed by atoms with Crippen LogP contribution in [-0.4, -0.2) is 22.3 Å². The first-order valence-corrected chi connectivity index (χ1v) is 7.70. The Hall–Kier alpha value is -2.87. The van der Waals surface area contributed by atoms with Crippen molar-refractivity contribution in [2.45, 2.75) is 25.9 Å². The minimum absolute atomic E-state index is 0.246. The van der Waals surface area contributed by atoms with Gasteiger partial charge in [0.25, 0.3) is 0 Å². The van der Waals surface area contributed by atoms with Gasteiger partial charge in [0, 0.05) is 32.3 Å². The molecule has 1 aliphatic heterocycles. The zero-order valence-electron chi connectivity index (χ0n) is 12.8. The topological polar surface area (TPSA) is 69.0 Å². The van der Waals surface area contributed by atoms with E-state index < -0.39 is 0 Å². The molecule has 0 aliphatic carbocycles. The third kappa shape index (κ3) is 3.86. The minimum Gasteiger partial charge on any atom is -0.366 e. The Morgan fingerprint density at radius 3 is 2.83 bits per heavy atom. The van der Waals surface area contributed by atoms with Crippen molar-refractivity contribution in [2.75, 3.05) is 11.9 Å². The number of aromatic nitrogens is 1. The fourth-order valence-electron chi connectivity index (χ4n) is 2.69. The fraction of sp³-hybridized carbons (Fsp3) is 0.278. The standard InChI is InChI=1S/C18H18N4O/c19-10-16-6-7-17(21-12-16)20-11-14-3-1-4-15(9-14)13-22-8-2-5-18(22)23/h1,3-4,6-7,9,12H,2,5,8,11,13H2,(H,20,21). The number of anilines is 1. The first-order valence-electron chi connectivity index (χ1n) is 7.70. The first-order chi connectivity index (χ1) is 11.2. The second kappa shape index (κ2) is 6.93. The molecule has 1 aromatic heterocycles. The summed E-state index contributed by atoms with van der Waals surface area (Å²) in [6, 6.07) is 13.8. The summed E-state index contributed by atoms with van der Waals surface area (Å²) in [6.45, 7) is 2.19. The van der Waals surface area contributed by atoms with Gasteiger partial charge in [-0.15, -0.1) is 0 Å². The van der Waals surface area contributed by atoms with E-state index in [1.165, 1.54) is 0 Å². The Morgan fingerprint density at radius 1 is 1.26 bits per heavy atom. The summed E-state index contributed by atoms with van der Waals surface area (Å²) in [5, 5.41) is 12.0. The van der Waals surface area contributed by atoms with Crippen molar-refractivity contribution in [1.29, 1.82) is 5.26 Å². The van der Waals surface area contributed by atoms with E-state index in [9.17, 15) is 4.79 Å². The molecule has 0 unspecified atom stereocenters. The van der Waals surface area contributed by atoms with Crippen molar-refractivity contribution < 1.29 is 4.79 Å². The number of likely N-dealkylation sites (tertiary alicyclic amines) is 1. The highest BCUT2D eigenvalue weighted by Crippen LogP contribution is 2.16. The van der Waals surface area contributed by atoms with Gasteiger partial charge in [0.2, 0.25) is 5.91 Å². The van der Waals surface area contributed by atoms with Gasteiger partial charge >= 0.3 is 0 Å². The molecule has 2 aromatic rings. The second-order valence-electron chi connectivity index (χ2n) is 5.64. The van der Waals surface area contributed by atoms with Crippen LogP contribution in [-0.2, 0) is 17.9 Å². The summed E-state index contributed by atoms with van der Waals surface area (Å²) in [7, 11) is 0. The van der Waals surface area contributed by atoms with E-state index in [4.69, 9.17) is 5.26 Å². The maximum absolute atomic E-state index is 11.7. The maximum Gasteiger partial charge on any atom is 0.222 e. The summed E-state index contributed by atoms with van der Waals surface area (Å²) in [6.07, 6.45) is 3.19. The summed E-state index contributed by atoms with van der Waals surface area (Å²) in [5.74, 6) is 0.986. The molecule has 0 radical (unpaired) electrons. The number of hydrogen-bond acceptors (Lipinski definition) is 4. The molecule has 0 bridgehead atoms. The number of carbonyl (C=O) groups excluding carboxylic acids is 1. The van der Waals surface area contributed by atoms with Crippen LogP contribution in [0.2, 0.25) is 0 Å². The molecule has 1 fully saturated rings. The Bertz CT molecular complexity index is 733. The van der Waals surface area contributed by atoms with E-state index in [-0.39, 0.29) is 5.91 Å². The average molecular weight is 306 g/mol. The predicted molar refractivity (Wildman–Crippen MR) is 87.4 cm³/mol. The van der Waals surface area contributed by atoms with E-state index in [0.717, 1.165) is 29.9 Å². The third-order valence-electron chi connectivity index (χ3n) is 3.90. The number of rotatable bonds is 5. The van der Waals surface area contributed by atoms with Crippen molar-refractivity contribution >= 4 is 11.7 Å². The van der Waals surface area contributed by atoms with Gasteiger partial charge in [0.1, 0.15) is 11.9 Å². The number of hydrogen-bond donors (Lipinski definition) is 1. The molecule has 1 amide bonds. The first kappa shape index (κ1) is 15.0. The van der Waals surface area contributed by atoms with Crippen molar-refractivity contribution in [3.05, 3.63) is 59.3 Å². The zero-order valence-corrected chi connectivity index (χ0v) is 12.8. The van der Waals surface area contributed by atoms with Gasteiger partial charge in [0.05, 0.1) is 5.56 Å². The number of carbonyl (C=O) groups is 1. The normalized spacial score (nSPS) is 13.9. The quantitative estimate of drug-likeness (QED) is 0.922. The lowest BCUT2D eigenvalue weighted by molar-refractivity contribution is -0.128. The van der Waals surface area contributed by atoms with E-state index in [2.05, 4.69) is 28.5 Å². The molecule has 1 aliphatic rings. The van der Waals surface area contributed by atoms with Crippen LogP contribution in [0, 0.1) is 11.3 Å². The van der Waals surface area contributed by atoms with Gasteiger partial charge in [0.15, 0.2) is 0 Å². The summed E-state index contributed by atoms with van der Waals surface area (Å²) in [5.41, 5.74) is 2.83. The van der Waals surface area contributed by atoms with Crippen LogP contribution in [0.1, 0.15) is 29.5 Å². The fourth-order valence-corrected chi connectivity index (χ4v) is 2.69. The van der Waals surface area contributed by atoms with Crippen LogP contribution in [0.25, 0.3) is 0 Å². The van der Waals surface area contributed by atoms with Crippen LogP contribution >= 0.6 is 0 Å². The number of amides is 1. The van der Waals surface area contributed by atoms with Gasteiger partial charge < -0.3 is 10.2 Å². The van der Waals surface area contributed by atoms with Crippen LogP contribution < -0.4 is 5.32 Å². The van der Waals surface area contributed by atoms with Gasteiger partial charge in [-0.05, 0) is 29.7 Å². The molecule has 0 spiro atoms. The summed E-state index contributed by atoms with van der Waals surface area (Å²) < 4.78 is 0. The van der Waals surface area contributed by atoms with Gasteiger partial charge in [-0.3, -0.25) is 4.79 Å². The molecule has 0 atom stereocenters. The Balaban J connectivity index is 1.60. The molecular formula is C18H18N4O. The minimum atomic E-state index is 0.246. The molecule has 5 heteroatoms. The largest absolute Gasteiger partial charge is 0.366 e. The van der Waals surface area contributed by atoms with Gasteiger partial charge in [-0.25, -0.2) is 4.98 Å². The SMILES string of the molecule is N#Cc1ccc(NCc2cccc(CN3CCCC3=O)c2)nc1. The van der Waals surface area contributed by atoms with Crippen molar-refractivity contribution in [2.24, 2.45) is 0 Å². The van der Waals surface area contributed by atoms with Crippen molar-refractivity contribution in [3.63, 3.8) is 0 Å². The van der Waals surface area contributed by atoms with Crippen molar-refractivity contribution in [1.82, 2.24) is 9.88 Å². The third-order valence-corrected chi connectivity index (χ3v) is 3.90. The van der Waals surface area contributed by atoms with Crippen LogP contribution in [0.3, 0.4) is 0 Å². The number of nitrogens with one attached hydrogen (secondary N) is 1. The van der Waals surface area contributed by atoms with Crippen LogP contribution in [0.5, 0.6) is 0 Å². The van der Waals surface area contributed by atoms with Gasteiger partial charge in [-0.1, -0.05) is 24.3 Å². The molecular weight excluding hydrogens is 288 g/mol. The summed E-state index contributed by atoms with van der Waals surface area (Å²) in [4.78, 5) is 17.8. The molecule has 1 saturated heterocycles. The Kier molecular flexibility index (Phi) is 4.53. The molecule has 2 heterocycles. The van der Waals surface area contributed by atoms with Gasteiger partial charge in [-0.2, -0.15) is 5.26 Å². The Morgan fingerprint density at radius 2 is 2.13 bits per heavy atom. The van der Waals surface area contributed by atoms with E-state index in [1.54, 1.807) is 18.3 Å². The lowest BCUT2D eigenvalue weighted by Crippen LogP contribution is -2.23. The number of nitrogens with zero attached hydrogens (tertiary/aromatic N) is 3. The highest BCUT2D eigenvalue weighted by Gasteiger charge is 2.19. The molecule has 0 saturated carbocycles. The molecule has 1 aromatic carbocycles. The number of pyridine rings is 1. The zero-order chi connectivity index (χ0) is 16.1.